The normalized spacial score (nSPS) is 14.3. The van der Waals surface area contributed by atoms with Crippen LogP contribution in [0.4, 0.5) is 5.69 Å². The summed E-state index contributed by atoms with van der Waals surface area (Å²) in [6.45, 7) is 0. The standard InChI is InChI=1S/C26H20Cl2NOP/c27-25(21-10-3-1-4-11-21)18-31(30,19-26(28)22-12-5-2-6-13-22)29-24-16-15-20-9-7-8-14-23(20)17-24/h1-19H,(H,29,30). The molecule has 4 aromatic carbocycles. The van der Waals surface area contributed by atoms with Gasteiger partial charge in [0.25, 0.3) is 0 Å². The molecule has 0 saturated heterocycles. The highest BCUT2D eigenvalue weighted by Gasteiger charge is 2.20. The van der Waals surface area contributed by atoms with Crippen molar-refractivity contribution in [2.24, 2.45) is 0 Å². The smallest absolute Gasteiger partial charge is 0.216 e. The molecular weight excluding hydrogens is 444 g/mol. The van der Waals surface area contributed by atoms with E-state index in [0.29, 0.717) is 10.1 Å². The van der Waals surface area contributed by atoms with E-state index >= 15 is 0 Å². The lowest BCUT2D eigenvalue weighted by Gasteiger charge is -2.16. The lowest BCUT2D eigenvalue weighted by Crippen LogP contribution is -1.94. The number of halogens is 2. The fraction of sp³-hybridized carbons (Fsp3) is 0. The predicted octanol–water partition coefficient (Wildman–Crippen LogP) is 9.00. The number of fused-ring (bicyclic) bond motifs is 1. The van der Waals surface area contributed by atoms with Gasteiger partial charge in [-0.05, 0) is 34.0 Å². The average Bonchev–Trinajstić information content (AvgIpc) is 2.80. The van der Waals surface area contributed by atoms with Crippen molar-refractivity contribution in [1.29, 1.82) is 0 Å². The topological polar surface area (TPSA) is 29.1 Å². The minimum atomic E-state index is -3.30. The van der Waals surface area contributed by atoms with Gasteiger partial charge >= 0.3 is 0 Å². The van der Waals surface area contributed by atoms with E-state index in [1.807, 2.05) is 103 Å². The van der Waals surface area contributed by atoms with Crippen LogP contribution in [-0.4, -0.2) is 0 Å². The van der Waals surface area contributed by atoms with Gasteiger partial charge in [0.2, 0.25) is 7.29 Å². The Hall–Kier alpha value is -2.77. The Kier molecular flexibility index (Phi) is 6.63. The molecule has 0 bridgehead atoms. The molecular formula is C26H20Cl2NOP. The molecule has 0 radical (unpaired) electrons. The van der Waals surface area contributed by atoms with Crippen molar-refractivity contribution >= 4 is 57.0 Å². The third-order valence-electron chi connectivity index (χ3n) is 4.76. The van der Waals surface area contributed by atoms with Crippen LogP contribution < -0.4 is 5.09 Å². The van der Waals surface area contributed by atoms with E-state index in [-0.39, 0.29) is 0 Å². The maximum absolute atomic E-state index is 14.1. The van der Waals surface area contributed by atoms with Gasteiger partial charge < -0.3 is 5.09 Å². The quantitative estimate of drug-likeness (QED) is 0.289. The Morgan fingerprint density at radius 3 is 1.68 bits per heavy atom. The first kappa shape index (κ1) is 21.5. The van der Waals surface area contributed by atoms with Crippen LogP contribution in [0.2, 0.25) is 0 Å². The lowest BCUT2D eigenvalue weighted by atomic mass is 10.1. The monoisotopic (exact) mass is 463 g/mol. The van der Waals surface area contributed by atoms with Crippen LogP contribution in [0.1, 0.15) is 11.1 Å². The summed E-state index contributed by atoms with van der Waals surface area (Å²) in [5, 5.41) is 6.13. The molecule has 0 aliphatic heterocycles. The molecule has 4 rings (SSSR count). The first-order valence-electron chi connectivity index (χ1n) is 9.76. The summed E-state index contributed by atoms with van der Waals surface area (Å²) < 4.78 is 14.1. The van der Waals surface area contributed by atoms with Gasteiger partial charge in [0.15, 0.2) is 0 Å². The van der Waals surface area contributed by atoms with Crippen molar-refractivity contribution < 1.29 is 4.57 Å². The van der Waals surface area contributed by atoms with Crippen molar-refractivity contribution in [3.05, 3.63) is 126 Å². The summed E-state index contributed by atoms with van der Waals surface area (Å²) in [6, 6.07) is 32.8. The second-order valence-electron chi connectivity index (χ2n) is 7.07. The molecule has 0 unspecified atom stereocenters. The SMILES string of the molecule is O=P(C=C(Cl)c1ccccc1)(C=C(Cl)c1ccccc1)Nc1ccc2ccccc2c1. The van der Waals surface area contributed by atoms with E-state index < -0.39 is 7.29 Å². The van der Waals surface area contributed by atoms with E-state index in [9.17, 15) is 4.57 Å². The van der Waals surface area contributed by atoms with Gasteiger partial charge in [-0.15, -0.1) is 0 Å². The van der Waals surface area contributed by atoms with Crippen LogP contribution in [0.25, 0.3) is 20.8 Å². The van der Waals surface area contributed by atoms with Gasteiger partial charge in [-0.25, -0.2) is 0 Å². The number of hydrogen-bond donors (Lipinski definition) is 1. The zero-order chi connectivity index (χ0) is 21.7. The molecule has 0 aliphatic carbocycles. The van der Waals surface area contributed by atoms with E-state index in [2.05, 4.69) is 5.09 Å². The first-order chi connectivity index (χ1) is 15.0. The Morgan fingerprint density at radius 1 is 0.645 bits per heavy atom. The molecule has 154 valence electrons. The number of benzene rings is 4. The fourth-order valence-corrected chi connectivity index (χ4v) is 6.08. The first-order valence-corrected chi connectivity index (χ1v) is 12.4. The zero-order valence-corrected chi connectivity index (χ0v) is 19.0. The third-order valence-corrected chi connectivity index (χ3v) is 7.61. The van der Waals surface area contributed by atoms with Crippen LogP contribution in [0.3, 0.4) is 0 Å². The second kappa shape index (κ2) is 9.58. The predicted molar refractivity (Wildman–Crippen MR) is 136 cm³/mol. The van der Waals surface area contributed by atoms with Gasteiger partial charge in [-0.3, -0.25) is 4.57 Å². The fourth-order valence-electron chi connectivity index (χ4n) is 3.24. The zero-order valence-electron chi connectivity index (χ0n) is 16.6. The molecule has 0 amide bonds. The van der Waals surface area contributed by atoms with E-state index in [0.717, 1.165) is 27.6 Å². The van der Waals surface area contributed by atoms with E-state index in [4.69, 9.17) is 23.2 Å². The minimum Gasteiger partial charge on any atom is -0.330 e. The average molecular weight is 464 g/mol. The lowest BCUT2D eigenvalue weighted by molar-refractivity contribution is 0.589. The molecule has 5 heteroatoms. The van der Waals surface area contributed by atoms with Crippen molar-refractivity contribution in [2.45, 2.75) is 0 Å². The highest BCUT2D eigenvalue weighted by atomic mass is 35.5. The molecule has 0 heterocycles. The van der Waals surface area contributed by atoms with Gasteiger partial charge in [0.05, 0.1) is 10.1 Å². The molecule has 0 spiro atoms. The molecule has 0 saturated carbocycles. The maximum Gasteiger partial charge on any atom is 0.216 e. The summed E-state index contributed by atoms with van der Waals surface area (Å²) >= 11 is 13.1. The van der Waals surface area contributed by atoms with Gasteiger partial charge in [0.1, 0.15) is 0 Å². The molecule has 4 aromatic rings. The Labute approximate surface area is 192 Å². The number of hydrogen-bond acceptors (Lipinski definition) is 1. The summed E-state index contributed by atoms with van der Waals surface area (Å²) in [5.41, 5.74) is 2.30. The molecule has 0 aromatic heterocycles. The van der Waals surface area contributed by atoms with Crippen LogP contribution >= 0.6 is 30.5 Å². The summed E-state index contributed by atoms with van der Waals surface area (Å²) in [6.07, 6.45) is 0. The molecule has 0 fully saturated rings. The highest BCUT2D eigenvalue weighted by Crippen LogP contribution is 2.53. The number of nitrogens with one attached hydrogen (secondary N) is 1. The molecule has 1 N–H and O–H groups in total. The number of anilines is 1. The van der Waals surface area contributed by atoms with E-state index in [1.165, 1.54) is 0 Å². The number of rotatable bonds is 6. The van der Waals surface area contributed by atoms with Crippen molar-refractivity contribution in [3.63, 3.8) is 0 Å². The second-order valence-corrected chi connectivity index (χ2v) is 10.0. The molecule has 2 nitrogen and oxygen atoms in total. The molecule has 0 atom stereocenters. The largest absolute Gasteiger partial charge is 0.330 e. The third kappa shape index (κ3) is 5.48. The maximum atomic E-state index is 14.1. The van der Waals surface area contributed by atoms with Gasteiger partial charge in [0, 0.05) is 17.3 Å². The summed E-state index contributed by atoms with van der Waals surface area (Å²) in [4.78, 5) is 0. The Balaban J connectivity index is 1.76. The van der Waals surface area contributed by atoms with Gasteiger partial charge in [-0.2, -0.15) is 0 Å². The Morgan fingerprint density at radius 2 is 1.13 bits per heavy atom. The summed E-state index contributed by atoms with van der Waals surface area (Å²) in [5.74, 6) is 3.12. The van der Waals surface area contributed by atoms with Crippen LogP contribution in [0, 0.1) is 0 Å². The van der Waals surface area contributed by atoms with Crippen molar-refractivity contribution in [3.8, 4) is 0 Å². The molecule has 31 heavy (non-hydrogen) atoms. The highest BCUT2D eigenvalue weighted by molar-refractivity contribution is 7.72. The summed E-state index contributed by atoms with van der Waals surface area (Å²) in [7, 11) is -3.30. The van der Waals surface area contributed by atoms with Crippen LogP contribution in [0.5, 0.6) is 0 Å². The van der Waals surface area contributed by atoms with Crippen LogP contribution in [0.15, 0.2) is 115 Å². The molecule has 0 aliphatic rings. The van der Waals surface area contributed by atoms with Gasteiger partial charge in [-0.1, -0.05) is 114 Å². The Bertz CT molecular complexity index is 1240. The van der Waals surface area contributed by atoms with E-state index in [1.54, 1.807) is 11.6 Å². The van der Waals surface area contributed by atoms with Crippen LogP contribution in [-0.2, 0) is 4.57 Å². The van der Waals surface area contributed by atoms with Crippen molar-refractivity contribution in [2.75, 3.05) is 5.09 Å². The minimum absolute atomic E-state index is 0.394. The van der Waals surface area contributed by atoms with Crippen molar-refractivity contribution in [1.82, 2.24) is 0 Å².